The maximum absolute atomic E-state index is 13.4. The minimum Gasteiger partial charge on any atom is -0.399 e. The number of benzene rings is 2. The van der Waals surface area contributed by atoms with Crippen LogP contribution < -0.4 is 11.1 Å². The average molecular weight is 276 g/mol. The number of halogens is 2. The van der Waals surface area contributed by atoms with E-state index in [1.807, 2.05) is 12.1 Å². The van der Waals surface area contributed by atoms with Gasteiger partial charge in [-0.05, 0) is 36.2 Å². The van der Waals surface area contributed by atoms with Gasteiger partial charge in [-0.3, -0.25) is 4.79 Å². The number of hydrogen-bond acceptors (Lipinski definition) is 2. The molecule has 0 atom stereocenters. The van der Waals surface area contributed by atoms with Crippen molar-refractivity contribution < 1.29 is 13.6 Å². The summed E-state index contributed by atoms with van der Waals surface area (Å²) in [6, 6.07) is 10.5. The number of hydrogen-bond donors (Lipinski definition) is 2. The van der Waals surface area contributed by atoms with Gasteiger partial charge < -0.3 is 11.1 Å². The Kier molecular flexibility index (Phi) is 4.30. The Labute approximate surface area is 115 Å². The van der Waals surface area contributed by atoms with Gasteiger partial charge >= 0.3 is 0 Å². The molecule has 0 aromatic heterocycles. The fraction of sp³-hybridized carbons (Fsp3) is 0.133. The van der Waals surface area contributed by atoms with Crippen LogP contribution in [0.25, 0.3) is 0 Å². The molecule has 0 radical (unpaired) electrons. The van der Waals surface area contributed by atoms with E-state index in [4.69, 9.17) is 5.73 Å². The molecule has 5 heteroatoms. The lowest BCUT2D eigenvalue weighted by Crippen LogP contribution is -2.27. The number of anilines is 1. The highest BCUT2D eigenvalue weighted by molar-refractivity contribution is 5.94. The van der Waals surface area contributed by atoms with Crippen molar-refractivity contribution in [3.8, 4) is 0 Å². The van der Waals surface area contributed by atoms with Gasteiger partial charge in [0.05, 0.1) is 0 Å². The van der Waals surface area contributed by atoms with Gasteiger partial charge in [0.2, 0.25) is 0 Å². The van der Waals surface area contributed by atoms with E-state index in [1.165, 1.54) is 6.07 Å². The zero-order valence-corrected chi connectivity index (χ0v) is 10.7. The van der Waals surface area contributed by atoms with Gasteiger partial charge in [-0.2, -0.15) is 0 Å². The Hall–Kier alpha value is -2.43. The number of carbonyl (C=O) groups excluding carboxylic acids is 1. The van der Waals surface area contributed by atoms with Crippen molar-refractivity contribution in [2.75, 3.05) is 12.3 Å². The first kappa shape index (κ1) is 14.0. The third-order valence-electron chi connectivity index (χ3n) is 2.87. The van der Waals surface area contributed by atoms with E-state index in [0.29, 0.717) is 12.1 Å². The number of rotatable bonds is 4. The lowest BCUT2D eigenvalue weighted by atomic mass is 10.1. The molecule has 0 aliphatic rings. The van der Waals surface area contributed by atoms with E-state index in [2.05, 4.69) is 5.32 Å². The van der Waals surface area contributed by atoms with Crippen molar-refractivity contribution in [2.24, 2.45) is 0 Å². The Morgan fingerprint density at radius 1 is 1.05 bits per heavy atom. The Morgan fingerprint density at radius 2 is 1.65 bits per heavy atom. The predicted molar refractivity (Wildman–Crippen MR) is 73.2 cm³/mol. The van der Waals surface area contributed by atoms with Crippen LogP contribution in [0.3, 0.4) is 0 Å². The summed E-state index contributed by atoms with van der Waals surface area (Å²) in [5, 5.41) is 2.49. The quantitative estimate of drug-likeness (QED) is 0.843. The molecule has 2 aromatic rings. The van der Waals surface area contributed by atoms with Crippen LogP contribution in [0.15, 0.2) is 42.5 Å². The normalized spacial score (nSPS) is 10.3. The van der Waals surface area contributed by atoms with Crippen molar-refractivity contribution in [1.29, 1.82) is 0 Å². The molecule has 0 unspecified atom stereocenters. The van der Waals surface area contributed by atoms with E-state index < -0.39 is 23.1 Å². The van der Waals surface area contributed by atoms with Gasteiger partial charge in [0.15, 0.2) is 0 Å². The summed E-state index contributed by atoms with van der Waals surface area (Å²) in [6.45, 7) is 0.288. The number of nitrogen functional groups attached to an aromatic ring is 1. The number of nitrogens with one attached hydrogen (secondary N) is 1. The van der Waals surface area contributed by atoms with Crippen molar-refractivity contribution >= 4 is 11.6 Å². The molecule has 2 aromatic carbocycles. The van der Waals surface area contributed by atoms with Crippen LogP contribution in [0.1, 0.15) is 15.9 Å². The van der Waals surface area contributed by atoms with Gasteiger partial charge in [0.25, 0.3) is 5.91 Å². The molecule has 0 saturated heterocycles. The summed E-state index contributed by atoms with van der Waals surface area (Å²) >= 11 is 0. The molecular formula is C15H14F2N2O. The van der Waals surface area contributed by atoms with Gasteiger partial charge in [0.1, 0.15) is 17.2 Å². The molecule has 0 saturated carbocycles. The standard InChI is InChI=1S/C15H14F2N2O/c16-12-2-1-3-13(17)14(12)15(20)19-9-8-10-4-6-11(18)7-5-10/h1-7H,8-9,18H2,(H,19,20). The second kappa shape index (κ2) is 6.14. The number of amides is 1. The van der Waals surface area contributed by atoms with Crippen LogP contribution in [-0.4, -0.2) is 12.5 Å². The van der Waals surface area contributed by atoms with Gasteiger partial charge in [-0.1, -0.05) is 18.2 Å². The Bertz CT molecular complexity index is 592. The summed E-state index contributed by atoms with van der Waals surface area (Å²) in [6.07, 6.45) is 0.558. The minimum atomic E-state index is -0.866. The minimum absolute atomic E-state index is 0.288. The van der Waals surface area contributed by atoms with Crippen LogP contribution in [-0.2, 0) is 6.42 Å². The van der Waals surface area contributed by atoms with Crippen LogP contribution in [0, 0.1) is 11.6 Å². The molecule has 20 heavy (non-hydrogen) atoms. The van der Waals surface area contributed by atoms with E-state index in [0.717, 1.165) is 17.7 Å². The molecule has 104 valence electrons. The van der Waals surface area contributed by atoms with Gasteiger partial charge in [-0.25, -0.2) is 8.78 Å². The van der Waals surface area contributed by atoms with Crippen molar-refractivity contribution in [1.82, 2.24) is 5.32 Å². The molecule has 3 nitrogen and oxygen atoms in total. The van der Waals surface area contributed by atoms with E-state index >= 15 is 0 Å². The van der Waals surface area contributed by atoms with Crippen LogP contribution in [0.4, 0.5) is 14.5 Å². The Balaban J connectivity index is 1.94. The highest BCUT2D eigenvalue weighted by atomic mass is 19.1. The topological polar surface area (TPSA) is 55.1 Å². The fourth-order valence-electron chi connectivity index (χ4n) is 1.81. The smallest absolute Gasteiger partial charge is 0.257 e. The summed E-state index contributed by atoms with van der Waals surface area (Å²) in [5.74, 6) is -2.49. The molecule has 2 rings (SSSR count). The predicted octanol–water partition coefficient (Wildman–Crippen LogP) is 2.52. The number of nitrogens with two attached hydrogens (primary N) is 1. The summed E-state index contributed by atoms with van der Waals surface area (Å²) in [4.78, 5) is 11.7. The average Bonchev–Trinajstić information content (AvgIpc) is 2.41. The highest BCUT2D eigenvalue weighted by Gasteiger charge is 2.16. The molecule has 0 bridgehead atoms. The third-order valence-corrected chi connectivity index (χ3v) is 2.87. The SMILES string of the molecule is Nc1ccc(CCNC(=O)c2c(F)cccc2F)cc1. The molecule has 1 amide bonds. The lowest BCUT2D eigenvalue weighted by molar-refractivity contribution is 0.0945. The largest absolute Gasteiger partial charge is 0.399 e. The maximum atomic E-state index is 13.4. The second-order valence-corrected chi connectivity index (χ2v) is 4.34. The summed E-state index contributed by atoms with van der Waals surface area (Å²) < 4.78 is 26.8. The molecular weight excluding hydrogens is 262 g/mol. The van der Waals surface area contributed by atoms with Crippen LogP contribution in [0.5, 0.6) is 0 Å². The molecule has 3 N–H and O–H groups in total. The van der Waals surface area contributed by atoms with Crippen LogP contribution >= 0.6 is 0 Å². The summed E-state index contributed by atoms with van der Waals surface area (Å²) in [7, 11) is 0. The van der Waals surface area contributed by atoms with Crippen molar-refractivity contribution in [3.05, 3.63) is 65.2 Å². The monoisotopic (exact) mass is 276 g/mol. The number of carbonyl (C=O) groups is 1. The van der Waals surface area contributed by atoms with E-state index in [9.17, 15) is 13.6 Å². The molecule has 0 heterocycles. The van der Waals surface area contributed by atoms with E-state index in [-0.39, 0.29) is 6.54 Å². The van der Waals surface area contributed by atoms with Crippen molar-refractivity contribution in [3.63, 3.8) is 0 Å². The third kappa shape index (κ3) is 3.32. The molecule has 0 spiro atoms. The zero-order valence-electron chi connectivity index (χ0n) is 10.7. The van der Waals surface area contributed by atoms with E-state index in [1.54, 1.807) is 12.1 Å². The Morgan fingerprint density at radius 3 is 2.25 bits per heavy atom. The van der Waals surface area contributed by atoms with Gasteiger partial charge in [0, 0.05) is 12.2 Å². The second-order valence-electron chi connectivity index (χ2n) is 4.34. The fourth-order valence-corrected chi connectivity index (χ4v) is 1.81. The molecule has 0 fully saturated rings. The first-order valence-corrected chi connectivity index (χ1v) is 6.14. The van der Waals surface area contributed by atoms with Crippen molar-refractivity contribution in [2.45, 2.75) is 6.42 Å². The summed E-state index contributed by atoms with van der Waals surface area (Å²) in [5.41, 5.74) is 6.65. The van der Waals surface area contributed by atoms with Gasteiger partial charge in [-0.15, -0.1) is 0 Å². The molecule has 0 aliphatic carbocycles. The zero-order chi connectivity index (χ0) is 14.5. The first-order valence-electron chi connectivity index (χ1n) is 6.14. The van der Waals surface area contributed by atoms with Crippen LogP contribution in [0.2, 0.25) is 0 Å². The maximum Gasteiger partial charge on any atom is 0.257 e. The highest BCUT2D eigenvalue weighted by Crippen LogP contribution is 2.11. The lowest BCUT2D eigenvalue weighted by Gasteiger charge is -2.07. The first-order chi connectivity index (χ1) is 9.58. The molecule has 0 aliphatic heterocycles.